The number of fused-ring (bicyclic) bond motifs is 1. The van der Waals surface area contributed by atoms with Gasteiger partial charge in [0.05, 0.1) is 18.2 Å². The summed E-state index contributed by atoms with van der Waals surface area (Å²) < 4.78 is 2.01. The Bertz CT molecular complexity index is 966. The van der Waals surface area contributed by atoms with Crippen molar-refractivity contribution in [1.82, 2.24) is 4.57 Å². The summed E-state index contributed by atoms with van der Waals surface area (Å²) in [5.74, 6) is 0.532. The molecule has 0 atom stereocenters. The quantitative estimate of drug-likeness (QED) is 0.457. The summed E-state index contributed by atoms with van der Waals surface area (Å²) >= 11 is 1.57. The molecule has 2 aromatic carbocycles. The van der Waals surface area contributed by atoms with Crippen LogP contribution in [0.1, 0.15) is 27.9 Å². The van der Waals surface area contributed by atoms with Gasteiger partial charge in [-0.15, -0.1) is 11.8 Å². The van der Waals surface area contributed by atoms with Crippen LogP contribution >= 0.6 is 11.8 Å². The predicted octanol–water partition coefficient (Wildman–Crippen LogP) is 5.15. The van der Waals surface area contributed by atoms with Gasteiger partial charge in [0.25, 0.3) is 0 Å². The molecule has 3 aromatic rings. The molecule has 0 saturated carbocycles. The number of thioether (sulfide) groups is 1. The van der Waals surface area contributed by atoms with Crippen molar-refractivity contribution in [2.45, 2.75) is 31.7 Å². The maximum Gasteiger partial charge on any atom is 0.175 e. The summed E-state index contributed by atoms with van der Waals surface area (Å²) in [6.45, 7) is 4.78. The van der Waals surface area contributed by atoms with Gasteiger partial charge in [-0.25, -0.2) is 0 Å². The number of hydrogen-bond donors (Lipinski definition) is 0. The highest BCUT2D eigenvalue weighted by atomic mass is 32.2. The topological polar surface area (TPSA) is 45.8 Å². The Balaban J connectivity index is 1.82. The molecule has 0 saturated heterocycles. The Morgan fingerprint density at radius 3 is 2.72 bits per heavy atom. The first-order valence-corrected chi connectivity index (χ1v) is 9.27. The van der Waals surface area contributed by atoms with E-state index < -0.39 is 0 Å². The van der Waals surface area contributed by atoms with Crippen LogP contribution in [0.2, 0.25) is 0 Å². The molecule has 0 fully saturated rings. The van der Waals surface area contributed by atoms with Crippen molar-refractivity contribution >= 4 is 28.4 Å². The van der Waals surface area contributed by atoms with E-state index in [4.69, 9.17) is 5.26 Å². The van der Waals surface area contributed by atoms with Crippen molar-refractivity contribution in [2.75, 3.05) is 5.75 Å². The highest BCUT2D eigenvalue weighted by Gasteiger charge is 2.15. The number of ketones is 1. The van der Waals surface area contributed by atoms with Gasteiger partial charge in [0, 0.05) is 34.1 Å². The van der Waals surface area contributed by atoms with Gasteiger partial charge in [-0.3, -0.25) is 4.79 Å². The maximum atomic E-state index is 12.8. The molecular formula is C21H20N2OS. The highest BCUT2D eigenvalue weighted by molar-refractivity contribution is 8.00. The van der Waals surface area contributed by atoms with Gasteiger partial charge in [-0.2, -0.15) is 5.26 Å². The SMILES string of the molecule is Cc1ccc(SCC(=O)c2cn(CCC#N)c3ccccc23)cc1C. The lowest BCUT2D eigenvalue weighted by molar-refractivity contribution is 0.102. The number of benzene rings is 2. The fourth-order valence-corrected chi connectivity index (χ4v) is 3.73. The van der Waals surface area contributed by atoms with Gasteiger partial charge in [0.15, 0.2) is 5.78 Å². The molecule has 1 heterocycles. The van der Waals surface area contributed by atoms with E-state index in [0.717, 1.165) is 21.4 Å². The zero-order valence-electron chi connectivity index (χ0n) is 14.5. The van der Waals surface area contributed by atoms with Crippen molar-refractivity contribution in [3.63, 3.8) is 0 Å². The van der Waals surface area contributed by atoms with E-state index in [1.165, 1.54) is 11.1 Å². The third-order valence-corrected chi connectivity index (χ3v) is 5.40. The second-order valence-electron chi connectivity index (χ2n) is 6.12. The Labute approximate surface area is 152 Å². The first-order valence-electron chi connectivity index (χ1n) is 8.28. The Morgan fingerprint density at radius 1 is 1.16 bits per heavy atom. The van der Waals surface area contributed by atoms with Gasteiger partial charge >= 0.3 is 0 Å². The Kier molecular flexibility index (Phi) is 5.25. The Hall–Kier alpha value is -2.51. The van der Waals surface area contributed by atoms with Crippen LogP contribution < -0.4 is 0 Å². The minimum atomic E-state index is 0.120. The molecule has 1 aromatic heterocycles. The summed E-state index contributed by atoms with van der Waals surface area (Å²) in [6, 6.07) is 16.3. The number of carbonyl (C=O) groups is 1. The van der Waals surface area contributed by atoms with E-state index in [-0.39, 0.29) is 5.78 Å². The van der Waals surface area contributed by atoms with Crippen molar-refractivity contribution in [2.24, 2.45) is 0 Å². The number of hydrogen-bond acceptors (Lipinski definition) is 3. The molecular weight excluding hydrogens is 328 g/mol. The lowest BCUT2D eigenvalue weighted by Gasteiger charge is -2.04. The van der Waals surface area contributed by atoms with Crippen LogP contribution in [0.15, 0.2) is 53.6 Å². The molecule has 0 aliphatic heterocycles. The summed E-state index contributed by atoms with van der Waals surface area (Å²) in [5, 5.41) is 9.80. The third-order valence-electron chi connectivity index (χ3n) is 4.40. The average molecular weight is 348 g/mol. The second kappa shape index (κ2) is 7.58. The maximum absolute atomic E-state index is 12.8. The molecule has 0 amide bonds. The van der Waals surface area contributed by atoms with Crippen molar-refractivity contribution < 1.29 is 4.79 Å². The van der Waals surface area contributed by atoms with Gasteiger partial charge in [0.1, 0.15) is 0 Å². The number of aryl methyl sites for hydroxylation is 3. The molecule has 0 unspecified atom stereocenters. The molecule has 0 aliphatic carbocycles. The summed E-state index contributed by atoms with van der Waals surface area (Å²) in [6.07, 6.45) is 2.33. The van der Waals surface area contributed by atoms with E-state index in [0.29, 0.717) is 18.7 Å². The molecule has 0 radical (unpaired) electrons. The minimum absolute atomic E-state index is 0.120. The number of aromatic nitrogens is 1. The van der Waals surface area contributed by atoms with E-state index in [9.17, 15) is 4.79 Å². The fourth-order valence-electron chi connectivity index (χ4n) is 2.85. The summed E-state index contributed by atoms with van der Waals surface area (Å²) in [5.41, 5.74) is 4.25. The number of carbonyl (C=O) groups excluding carboxylic acids is 1. The predicted molar refractivity (Wildman–Crippen MR) is 103 cm³/mol. The number of Topliss-reactive ketones (excluding diaryl/α,β-unsaturated/α-hetero) is 1. The van der Waals surface area contributed by atoms with Gasteiger partial charge in [-0.05, 0) is 43.2 Å². The number of nitrogens with zero attached hydrogens (tertiary/aromatic N) is 2. The van der Waals surface area contributed by atoms with Gasteiger partial charge in [-0.1, -0.05) is 24.3 Å². The monoisotopic (exact) mass is 348 g/mol. The molecule has 25 heavy (non-hydrogen) atoms. The molecule has 4 heteroatoms. The van der Waals surface area contributed by atoms with Crippen LogP contribution in [0.4, 0.5) is 0 Å². The average Bonchev–Trinajstić information content (AvgIpc) is 2.99. The molecule has 0 bridgehead atoms. The normalized spacial score (nSPS) is 10.8. The zero-order chi connectivity index (χ0) is 17.8. The fraction of sp³-hybridized carbons (Fsp3) is 0.238. The first-order chi connectivity index (χ1) is 12.1. The lowest BCUT2D eigenvalue weighted by atomic mass is 10.1. The minimum Gasteiger partial charge on any atom is -0.346 e. The van der Waals surface area contributed by atoms with Crippen LogP contribution in [0.5, 0.6) is 0 Å². The van der Waals surface area contributed by atoms with Crippen molar-refractivity contribution in [1.29, 1.82) is 5.26 Å². The molecule has 0 spiro atoms. The van der Waals surface area contributed by atoms with Crippen LogP contribution in [-0.4, -0.2) is 16.1 Å². The largest absolute Gasteiger partial charge is 0.346 e. The Morgan fingerprint density at radius 2 is 1.96 bits per heavy atom. The zero-order valence-corrected chi connectivity index (χ0v) is 15.3. The summed E-state index contributed by atoms with van der Waals surface area (Å²) in [7, 11) is 0. The lowest BCUT2D eigenvalue weighted by Crippen LogP contribution is -2.02. The molecule has 3 nitrogen and oxygen atoms in total. The van der Waals surface area contributed by atoms with Crippen LogP contribution in [0.3, 0.4) is 0 Å². The van der Waals surface area contributed by atoms with E-state index in [2.05, 4.69) is 38.1 Å². The standard InChI is InChI=1S/C21H20N2OS/c1-15-8-9-17(12-16(15)2)25-14-21(24)19-13-23(11-5-10-22)20-7-4-3-6-18(19)20/h3-4,6-9,12-13H,5,11,14H2,1-2H3. The molecule has 0 aliphatic rings. The van der Waals surface area contributed by atoms with Gasteiger partial charge < -0.3 is 4.57 Å². The number of rotatable bonds is 6. The number of para-hydroxylation sites is 1. The van der Waals surface area contributed by atoms with E-state index >= 15 is 0 Å². The molecule has 126 valence electrons. The van der Waals surface area contributed by atoms with Crippen molar-refractivity contribution in [3.8, 4) is 6.07 Å². The van der Waals surface area contributed by atoms with Crippen molar-refractivity contribution in [3.05, 3.63) is 65.4 Å². The number of nitriles is 1. The van der Waals surface area contributed by atoms with Crippen LogP contribution in [0, 0.1) is 25.2 Å². The summed E-state index contributed by atoms with van der Waals surface area (Å²) in [4.78, 5) is 13.9. The second-order valence-corrected chi connectivity index (χ2v) is 7.17. The smallest absolute Gasteiger partial charge is 0.175 e. The molecule has 0 N–H and O–H groups in total. The first kappa shape index (κ1) is 17.3. The van der Waals surface area contributed by atoms with Crippen LogP contribution in [-0.2, 0) is 6.54 Å². The van der Waals surface area contributed by atoms with Gasteiger partial charge in [0.2, 0.25) is 0 Å². The van der Waals surface area contributed by atoms with E-state index in [1.54, 1.807) is 11.8 Å². The molecule has 3 rings (SSSR count). The van der Waals surface area contributed by atoms with Crippen LogP contribution in [0.25, 0.3) is 10.9 Å². The third kappa shape index (κ3) is 3.78. The highest BCUT2D eigenvalue weighted by Crippen LogP contribution is 2.26. The van der Waals surface area contributed by atoms with E-state index in [1.807, 2.05) is 35.0 Å².